The monoisotopic (exact) mass is 544 g/mol. The summed E-state index contributed by atoms with van der Waals surface area (Å²) in [4.78, 5) is 14.4. The van der Waals surface area contributed by atoms with E-state index >= 15 is 0 Å². The normalized spacial score (nSPS) is 19.7. The zero-order valence-corrected chi connectivity index (χ0v) is 21.6. The predicted molar refractivity (Wildman–Crippen MR) is 138 cm³/mol. The fourth-order valence-corrected chi connectivity index (χ4v) is 4.30. The third-order valence-corrected chi connectivity index (χ3v) is 6.21. The SMILES string of the molecule is CCNC(=NCC1CCN(CCOC)CC1)NC1CCN(Cc2ccccn2)CC1.I. The number of guanidine groups is 1. The van der Waals surface area contributed by atoms with Gasteiger partial charge in [0.05, 0.1) is 12.3 Å². The van der Waals surface area contributed by atoms with Crippen LogP contribution in [-0.2, 0) is 11.3 Å². The van der Waals surface area contributed by atoms with E-state index in [0.717, 1.165) is 70.4 Å². The molecule has 2 aliphatic heterocycles. The van der Waals surface area contributed by atoms with Crippen molar-refractivity contribution in [2.75, 3.05) is 59.5 Å². The lowest BCUT2D eigenvalue weighted by molar-refractivity contribution is 0.121. The van der Waals surface area contributed by atoms with E-state index in [0.29, 0.717) is 12.0 Å². The molecule has 8 heteroatoms. The number of hydrogen-bond donors (Lipinski definition) is 2. The van der Waals surface area contributed by atoms with Crippen LogP contribution in [0.4, 0.5) is 0 Å². The van der Waals surface area contributed by atoms with Gasteiger partial charge < -0.3 is 20.3 Å². The van der Waals surface area contributed by atoms with E-state index in [2.05, 4.69) is 44.5 Å². The van der Waals surface area contributed by atoms with Gasteiger partial charge in [0.2, 0.25) is 0 Å². The molecule has 0 unspecified atom stereocenters. The average molecular weight is 545 g/mol. The molecule has 0 aromatic carbocycles. The first-order valence-electron chi connectivity index (χ1n) is 11.6. The molecule has 0 bridgehead atoms. The topological polar surface area (TPSA) is 65.0 Å². The van der Waals surface area contributed by atoms with Gasteiger partial charge in [0, 0.05) is 58.6 Å². The Labute approximate surface area is 205 Å². The Morgan fingerprint density at radius 3 is 2.52 bits per heavy atom. The number of aromatic nitrogens is 1. The zero-order chi connectivity index (χ0) is 21.0. The van der Waals surface area contributed by atoms with Gasteiger partial charge in [-0.05, 0) is 63.7 Å². The van der Waals surface area contributed by atoms with Gasteiger partial charge in [-0.3, -0.25) is 14.9 Å². The highest BCUT2D eigenvalue weighted by Crippen LogP contribution is 2.17. The van der Waals surface area contributed by atoms with Crippen LogP contribution in [0, 0.1) is 5.92 Å². The highest BCUT2D eigenvalue weighted by atomic mass is 127. The van der Waals surface area contributed by atoms with Crippen molar-refractivity contribution < 1.29 is 4.74 Å². The van der Waals surface area contributed by atoms with Crippen LogP contribution in [0.25, 0.3) is 0 Å². The Kier molecular flexibility index (Phi) is 12.7. The molecule has 31 heavy (non-hydrogen) atoms. The molecule has 0 spiro atoms. The van der Waals surface area contributed by atoms with Crippen molar-refractivity contribution >= 4 is 29.9 Å². The minimum absolute atomic E-state index is 0. The maximum atomic E-state index is 5.20. The molecule has 176 valence electrons. The molecule has 0 amide bonds. The number of ether oxygens (including phenoxy) is 1. The molecule has 0 aliphatic carbocycles. The Hall–Kier alpha value is -0.970. The second kappa shape index (κ2) is 15.0. The number of nitrogens with zero attached hydrogens (tertiary/aromatic N) is 4. The van der Waals surface area contributed by atoms with E-state index in [1.54, 1.807) is 7.11 Å². The van der Waals surface area contributed by atoms with Crippen LogP contribution < -0.4 is 10.6 Å². The van der Waals surface area contributed by atoms with Crippen molar-refractivity contribution in [3.8, 4) is 0 Å². The zero-order valence-electron chi connectivity index (χ0n) is 19.3. The second-order valence-electron chi connectivity index (χ2n) is 8.51. The minimum atomic E-state index is 0. The van der Waals surface area contributed by atoms with Gasteiger partial charge in [-0.2, -0.15) is 0 Å². The van der Waals surface area contributed by atoms with E-state index < -0.39 is 0 Å². The Balaban J connectivity index is 0.00000341. The number of methoxy groups -OCH3 is 1. The molecule has 3 rings (SSSR count). The van der Waals surface area contributed by atoms with Crippen LogP contribution in [0.2, 0.25) is 0 Å². The summed E-state index contributed by atoms with van der Waals surface area (Å²) < 4.78 is 5.20. The summed E-state index contributed by atoms with van der Waals surface area (Å²) in [5.41, 5.74) is 1.16. The van der Waals surface area contributed by atoms with Gasteiger partial charge >= 0.3 is 0 Å². The number of rotatable bonds is 9. The minimum Gasteiger partial charge on any atom is -0.383 e. The maximum Gasteiger partial charge on any atom is 0.191 e. The molecule has 0 atom stereocenters. The second-order valence-corrected chi connectivity index (χ2v) is 8.51. The van der Waals surface area contributed by atoms with Crippen LogP contribution in [0.15, 0.2) is 29.4 Å². The third kappa shape index (κ3) is 9.59. The largest absolute Gasteiger partial charge is 0.383 e. The van der Waals surface area contributed by atoms with E-state index in [1.807, 2.05) is 12.3 Å². The fourth-order valence-electron chi connectivity index (χ4n) is 4.30. The van der Waals surface area contributed by atoms with Crippen molar-refractivity contribution in [2.45, 2.75) is 45.2 Å². The molecule has 2 N–H and O–H groups in total. The van der Waals surface area contributed by atoms with Crippen LogP contribution in [-0.4, -0.2) is 86.3 Å². The first kappa shape index (κ1) is 26.3. The van der Waals surface area contributed by atoms with Crippen molar-refractivity contribution in [1.29, 1.82) is 0 Å². The molecule has 3 heterocycles. The van der Waals surface area contributed by atoms with Crippen LogP contribution in [0.1, 0.15) is 38.3 Å². The molecule has 2 saturated heterocycles. The van der Waals surface area contributed by atoms with Crippen LogP contribution in [0.3, 0.4) is 0 Å². The number of pyridine rings is 1. The van der Waals surface area contributed by atoms with E-state index in [4.69, 9.17) is 9.73 Å². The average Bonchev–Trinajstić information content (AvgIpc) is 2.79. The molecule has 1 aromatic rings. The summed E-state index contributed by atoms with van der Waals surface area (Å²) in [5, 5.41) is 7.13. The van der Waals surface area contributed by atoms with Crippen LogP contribution in [0.5, 0.6) is 0 Å². The lowest BCUT2D eigenvalue weighted by Crippen LogP contribution is -2.48. The molecule has 7 nitrogen and oxygen atoms in total. The van der Waals surface area contributed by atoms with Crippen molar-refractivity contribution in [1.82, 2.24) is 25.4 Å². The smallest absolute Gasteiger partial charge is 0.191 e. The first-order chi connectivity index (χ1) is 14.8. The van der Waals surface area contributed by atoms with Crippen LogP contribution >= 0.6 is 24.0 Å². The number of hydrogen-bond acceptors (Lipinski definition) is 5. The lowest BCUT2D eigenvalue weighted by Gasteiger charge is -2.33. The number of aliphatic imine (C=N–C) groups is 1. The number of piperidine rings is 2. The Bertz CT molecular complexity index is 616. The molecular formula is C23H41IN6O. The van der Waals surface area contributed by atoms with Gasteiger partial charge in [0.15, 0.2) is 5.96 Å². The van der Waals surface area contributed by atoms with Gasteiger partial charge in [0.25, 0.3) is 0 Å². The first-order valence-corrected chi connectivity index (χ1v) is 11.6. The van der Waals surface area contributed by atoms with Crippen molar-refractivity contribution in [3.05, 3.63) is 30.1 Å². The van der Waals surface area contributed by atoms with Gasteiger partial charge in [0.1, 0.15) is 0 Å². The predicted octanol–water partition coefficient (Wildman–Crippen LogP) is 2.58. The third-order valence-electron chi connectivity index (χ3n) is 6.21. The molecule has 1 aromatic heterocycles. The van der Waals surface area contributed by atoms with E-state index in [9.17, 15) is 0 Å². The van der Waals surface area contributed by atoms with Gasteiger partial charge in [-0.25, -0.2) is 0 Å². The molecule has 0 radical (unpaired) electrons. The highest BCUT2D eigenvalue weighted by Gasteiger charge is 2.21. The highest BCUT2D eigenvalue weighted by molar-refractivity contribution is 14.0. The fraction of sp³-hybridized carbons (Fsp3) is 0.739. The Morgan fingerprint density at radius 2 is 1.87 bits per heavy atom. The Morgan fingerprint density at radius 1 is 1.13 bits per heavy atom. The number of halogens is 1. The van der Waals surface area contributed by atoms with E-state index in [1.165, 1.54) is 25.9 Å². The summed E-state index contributed by atoms with van der Waals surface area (Å²) in [6.45, 7) is 11.3. The van der Waals surface area contributed by atoms with Crippen molar-refractivity contribution in [2.24, 2.45) is 10.9 Å². The number of nitrogens with one attached hydrogen (secondary N) is 2. The summed E-state index contributed by atoms with van der Waals surface area (Å²) in [7, 11) is 1.78. The summed E-state index contributed by atoms with van der Waals surface area (Å²) >= 11 is 0. The van der Waals surface area contributed by atoms with Gasteiger partial charge in [-0.15, -0.1) is 24.0 Å². The molecule has 2 aliphatic rings. The summed E-state index contributed by atoms with van der Waals surface area (Å²) in [5.74, 6) is 1.68. The van der Waals surface area contributed by atoms with Crippen molar-refractivity contribution in [3.63, 3.8) is 0 Å². The molecular weight excluding hydrogens is 503 g/mol. The summed E-state index contributed by atoms with van der Waals surface area (Å²) in [6.07, 6.45) is 6.65. The summed E-state index contributed by atoms with van der Waals surface area (Å²) in [6, 6.07) is 6.66. The number of likely N-dealkylation sites (tertiary alicyclic amines) is 2. The molecule has 2 fully saturated rings. The maximum absolute atomic E-state index is 5.20. The standard InChI is InChI=1S/C23H40N6O.HI/c1-3-24-23(26-18-20-7-12-28(13-8-20)16-17-30-2)27-21-9-14-29(15-10-21)19-22-6-4-5-11-25-22;/h4-6,11,20-21H,3,7-10,12-19H2,1-2H3,(H2,24,26,27);1H. The lowest BCUT2D eigenvalue weighted by atomic mass is 9.97. The quantitative estimate of drug-likeness (QED) is 0.283. The molecule has 0 saturated carbocycles. The van der Waals surface area contributed by atoms with Gasteiger partial charge in [-0.1, -0.05) is 6.07 Å². The van der Waals surface area contributed by atoms with E-state index in [-0.39, 0.29) is 24.0 Å².